The van der Waals surface area contributed by atoms with Gasteiger partial charge < -0.3 is 14.2 Å². The number of carbonyl (C=O) groups is 2. The summed E-state index contributed by atoms with van der Waals surface area (Å²) in [5, 5.41) is 0. The molecule has 2 aliphatic heterocycles. The van der Waals surface area contributed by atoms with E-state index in [0.29, 0.717) is 6.42 Å². The van der Waals surface area contributed by atoms with Crippen molar-refractivity contribution in [2.45, 2.75) is 17.6 Å². The number of methoxy groups -OCH3 is 2. The smallest absolute Gasteiger partial charge is 0.338 e. The van der Waals surface area contributed by atoms with E-state index in [1.54, 1.807) is 0 Å². The van der Waals surface area contributed by atoms with Crippen LogP contribution in [-0.2, 0) is 41.4 Å². The molecule has 5 heteroatoms. The van der Waals surface area contributed by atoms with E-state index in [2.05, 4.69) is 0 Å². The summed E-state index contributed by atoms with van der Waals surface area (Å²) in [5.74, 6) is -1.22. The fraction of sp³-hybridized carbons (Fsp3) is 0.185. The zero-order valence-corrected chi connectivity index (χ0v) is 17.8. The fourth-order valence-corrected chi connectivity index (χ4v) is 5.11. The molecule has 0 fully saturated rings. The molecule has 0 aromatic heterocycles. The molecule has 2 bridgehead atoms. The van der Waals surface area contributed by atoms with Crippen molar-refractivity contribution in [3.05, 3.63) is 118 Å². The summed E-state index contributed by atoms with van der Waals surface area (Å²) in [5.41, 5.74) is 1.30. The van der Waals surface area contributed by atoms with Crippen LogP contribution in [0.4, 0.5) is 0 Å². The summed E-state index contributed by atoms with van der Waals surface area (Å²) >= 11 is 0. The summed E-state index contributed by atoms with van der Waals surface area (Å²) in [6.45, 7) is 0. The molecule has 0 saturated heterocycles. The average molecular weight is 426 g/mol. The highest BCUT2D eigenvalue weighted by Gasteiger charge is 2.68. The van der Waals surface area contributed by atoms with Crippen molar-refractivity contribution in [2.75, 3.05) is 14.2 Å². The normalized spacial score (nSPS) is 23.1. The molecule has 0 spiro atoms. The summed E-state index contributed by atoms with van der Waals surface area (Å²) in [7, 11) is 2.62. The first kappa shape index (κ1) is 20.2. The van der Waals surface area contributed by atoms with Crippen LogP contribution in [0.1, 0.15) is 22.3 Å². The van der Waals surface area contributed by atoms with Crippen LogP contribution in [-0.4, -0.2) is 26.2 Å². The lowest BCUT2D eigenvalue weighted by Crippen LogP contribution is -2.35. The van der Waals surface area contributed by atoms with Gasteiger partial charge in [0.2, 0.25) is 0 Å². The van der Waals surface area contributed by atoms with Gasteiger partial charge in [-0.05, 0) is 22.3 Å². The van der Waals surface area contributed by atoms with E-state index >= 15 is 0 Å². The van der Waals surface area contributed by atoms with Gasteiger partial charge in [0.05, 0.1) is 25.4 Å². The first-order valence-corrected chi connectivity index (χ1v) is 10.4. The van der Waals surface area contributed by atoms with Gasteiger partial charge >= 0.3 is 11.9 Å². The fourth-order valence-electron chi connectivity index (χ4n) is 5.11. The molecule has 3 aromatic rings. The van der Waals surface area contributed by atoms with E-state index in [-0.39, 0.29) is 11.1 Å². The predicted molar refractivity (Wildman–Crippen MR) is 118 cm³/mol. The molecule has 2 heterocycles. The van der Waals surface area contributed by atoms with Gasteiger partial charge in [-0.15, -0.1) is 0 Å². The van der Waals surface area contributed by atoms with Crippen molar-refractivity contribution in [1.29, 1.82) is 0 Å². The lowest BCUT2D eigenvalue weighted by Gasteiger charge is -2.30. The molecule has 5 nitrogen and oxygen atoms in total. The van der Waals surface area contributed by atoms with Crippen LogP contribution in [0.25, 0.3) is 0 Å². The second-order valence-corrected chi connectivity index (χ2v) is 7.92. The SMILES string of the molecule is COC(=O)C1=C(C(=O)OC)[C@]2(Cc3ccccc3)O[C@@]1(c1ccccc1)c1ccccc12. The topological polar surface area (TPSA) is 61.8 Å². The maximum Gasteiger partial charge on any atom is 0.338 e. The van der Waals surface area contributed by atoms with Gasteiger partial charge in [0, 0.05) is 6.42 Å². The minimum atomic E-state index is -1.27. The maximum atomic E-state index is 13.2. The van der Waals surface area contributed by atoms with Crippen molar-refractivity contribution in [1.82, 2.24) is 0 Å². The molecular formula is C27H22O5. The third-order valence-electron chi connectivity index (χ3n) is 6.33. The van der Waals surface area contributed by atoms with Crippen molar-refractivity contribution >= 4 is 11.9 Å². The molecule has 160 valence electrons. The third-order valence-corrected chi connectivity index (χ3v) is 6.33. The Balaban J connectivity index is 1.89. The van der Waals surface area contributed by atoms with Crippen LogP contribution in [0, 0.1) is 0 Å². The monoisotopic (exact) mass is 426 g/mol. The molecule has 5 rings (SSSR count). The van der Waals surface area contributed by atoms with E-state index in [1.807, 2.05) is 84.9 Å². The van der Waals surface area contributed by atoms with Gasteiger partial charge in [0.1, 0.15) is 5.60 Å². The predicted octanol–water partition coefficient (Wildman–Crippen LogP) is 4.05. The molecule has 0 radical (unpaired) electrons. The van der Waals surface area contributed by atoms with Crippen LogP contribution < -0.4 is 0 Å². The van der Waals surface area contributed by atoms with Gasteiger partial charge in [-0.2, -0.15) is 0 Å². The molecule has 2 atom stereocenters. The van der Waals surface area contributed by atoms with E-state index in [0.717, 1.165) is 22.3 Å². The standard InChI is InChI=1S/C27H22O5/c1-30-24(28)22-23(25(29)31-2)27(19-13-7-4-8-14-19)21-16-10-9-15-20(21)26(22,32-27)17-18-11-5-3-6-12-18/h3-16H,17H2,1-2H3/t26-,27+/m1/s1. The summed E-state index contributed by atoms with van der Waals surface area (Å²) in [6.07, 6.45) is 0.365. The second kappa shape index (κ2) is 7.46. The number of rotatable bonds is 5. The number of esters is 2. The molecule has 0 unspecified atom stereocenters. The van der Waals surface area contributed by atoms with E-state index < -0.39 is 23.1 Å². The third kappa shape index (κ3) is 2.61. The van der Waals surface area contributed by atoms with E-state index in [1.165, 1.54) is 14.2 Å². The number of benzene rings is 3. The highest BCUT2D eigenvalue weighted by molar-refractivity contribution is 6.07. The van der Waals surface area contributed by atoms with Gasteiger partial charge in [0.15, 0.2) is 5.60 Å². The van der Waals surface area contributed by atoms with Crippen LogP contribution in [0.3, 0.4) is 0 Å². The number of hydrogen-bond acceptors (Lipinski definition) is 5. The van der Waals surface area contributed by atoms with E-state index in [4.69, 9.17) is 14.2 Å². The Morgan fingerprint density at radius 1 is 0.719 bits per heavy atom. The summed E-state index contributed by atoms with van der Waals surface area (Å²) < 4.78 is 17.3. The number of hydrogen-bond donors (Lipinski definition) is 0. The minimum Gasteiger partial charge on any atom is -0.466 e. The van der Waals surface area contributed by atoms with Crippen molar-refractivity contribution in [3.8, 4) is 0 Å². The Hall–Kier alpha value is -3.70. The Morgan fingerprint density at radius 2 is 1.25 bits per heavy atom. The van der Waals surface area contributed by atoms with Gasteiger partial charge in [0.25, 0.3) is 0 Å². The number of ether oxygens (including phenoxy) is 3. The molecular weight excluding hydrogens is 404 g/mol. The zero-order valence-electron chi connectivity index (χ0n) is 17.8. The van der Waals surface area contributed by atoms with Gasteiger partial charge in [-0.3, -0.25) is 0 Å². The Kier molecular flexibility index (Phi) is 4.72. The van der Waals surface area contributed by atoms with Crippen molar-refractivity contribution < 1.29 is 23.8 Å². The molecule has 0 saturated carbocycles. The lowest BCUT2D eigenvalue weighted by atomic mass is 9.68. The molecule has 0 amide bonds. The van der Waals surface area contributed by atoms with Crippen molar-refractivity contribution in [3.63, 3.8) is 0 Å². The Labute approximate surface area is 186 Å². The largest absolute Gasteiger partial charge is 0.466 e. The van der Waals surface area contributed by atoms with Crippen molar-refractivity contribution in [2.24, 2.45) is 0 Å². The first-order chi connectivity index (χ1) is 15.6. The highest BCUT2D eigenvalue weighted by Crippen LogP contribution is 2.64. The first-order valence-electron chi connectivity index (χ1n) is 10.4. The van der Waals surface area contributed by atoms with Crippen LogP contribution in [0.2, 0.25) is 0 Å². The van der Waals surface area contributed by atoms with Gasteiger partial charge in [-0.25, -0.2) is 9.59 Å². The molecule has 32 heavy (non-hydrogen) atoms. The minimum absolute atomic E-state index is 0.174. The van der Waals surface area contributed by atoms with Crippen LogP contribution in [0.5, 0.6) is 0 Å². The Morgan fingerprint density at radius 3 is 1.88 bits per heavy atom. The van der Waals surface area contributed by atoms with Crippen LogP contribution in [0.15, 0.2) is 96.1 Å². The average Bonchev–Trinajstić information content (AvgIpc) is 3.32. The summed E-state index contributed by atoms with van der Waals surface area (Å²) in [6, 6.07) is 27.0. The molecule has 3 aromatic carbocycles. The molecule has 2 aliphatic rings. The highest BCUT2D eigenvalue weighted by atomic mass is 16.6. The van der Waals surface area contributed by atoms with Gasteiger partial charge in [-0.1, -0.05) is 84.9 Å². The zero-order chi connectivity index (χ0) is 22.3. The Bertz CT molecular complexity index is 1230. The quantitative estimate of drug-likeness (QED) is 0.576. The summed E-state index contributed by atoms with van der Waals surface area (Å²) in [4.78, 5) is 26.5. The molecule has 0 N–H and O–H groups in total. The second-order valence-electron chi connectivity index (χ2n) is 7.92. The number of carbonyl (C=O) groups excluding carboxylic acids is 2. The van der Waals surface area contributed by atoms with E-state index in [9.17, 15) is 9.59 Å². The lowest BCUT2D eigenvalue weighted by molar-refractivity contribution is -0.140. The van der Waals surface area contributed by atoms with Crippen LogP contribution >= 0.6 is 0 Å². The number of fused-ring (bicyclic) bond motifs is 5. The maximum absolute atomic E-state index is 13.2. The molecule has 0 aliphatic carbocycles.